The number of rotatable bonds is 2. The van der Waals surface area contributed by atoms with E-state index in [2.05, 4.69) is 17.2 Å². The minimum Gasteiger partial charge on any atom is -0.450 e. The summed E-state index contributed by atoms with van der Waals surface area (Å²) in [5.74, 6) is 5.67. The number of amides is 1. The van der Waals surface area contributed by atoms with Gasteiger partial charge in [0, 0.05) is 11.3 Å². The fourth-order valence-corrected chi connectivity index (χ4v) is 1.26. The van der Waals surface area contributed by atoms with Crippen LogP contribution in [0.25, 0.3) is 0 Å². The third-order valence-corrected chi connectivity index (χ3v) is 2.08. The predicted octanol–water partition coefficient (Wildman–Crippen LogP) is 1.87. The fourth-order valence-electron chi connectivity index (χ4n) is 1.26. The van der Waals surface area contributed by atoms with E-state index in [9.17, 15) is 4.79 Å². The minimum absolute atomic E-state index is 0.314. The quantitative estimate of drug-likeness (QED) is 0.765. The van der Waals surface area contributed by atoms with E-state index < -0.39 is 6.09 Å². The van der Waals surface area contributed by atoms with E-state index in [0.29, 0.717) is 18.8 Å². The molecule has 1 aromatic rings. The molecule has 1 amide bonds. The summed E-state index contributed by atoms with van der Waals surface area (Å²) in [5, 5.41) is 2.67. The summed E-state index contributed by atoms with van der Waals surface area (Å²) < 4.78 is 4.82. The van der Waals surface area contributed by atoms with Crippen LogP contribution in [0, 0.1) is 18.8 Å². The van der Waals surface area contributed by atoms with Gasteiger partial charge in [0.15, 0.2) is 0 Å². The summed E-state index contributed by atoms with van der Waals surface area (Å²) in [7, 11) is 0. The first-order chi connectivity index (χ1) is 8.17. The summed E-state index contributed by atoms with van der Waals surface area (Å²) in [6.45, 7) is 4.32. The summed E-state index contributed by atoms with van der Waals surface area (Å²) in [6.07, 6.45) is -0.459. The monoisotopic (exact) mass is 232 g/mol. The first kappa shape index (κ1) is 13.1. The molecule has 0 saturated heterocycles. The molecule has 0 atom stereocenters. The molecule has 0 fully saturated rings. The van der Waals surface area contributed by atoms with E-state index in [1.165, 1.54) is 0 Å². The molecule has 4 nitrogen and oxygen atoms in total. The maximum atomic E-state index is 11.3. The second-order valence-electron chi connectivity index (χ2n) is 3.38. The van der Waals surface area contributed by atoms with E-state index in [0.717, 1.165) is 11.1 Å². The molecule has 0 radical (unpaired) electrons. The maximum absolute atomic E-state index is 11.3. The average Bonchev–Trinajstić information content (AvgIpc) is 2.30. The predicted molar refractivity (Wildman–Crippen MR) is 67.8 cm³/mol. The van der Waals surface area contributed by atoms with Crippen molar-refractivity contribution in [2.45, 2.75) is 13.8 Å². The zero-order valence-corrected chi connectivity index (χ0v) is 10.0. The van der Waals surface area contributed by atoms with Gasteiger partial charge in [0.2, 0.25) is 0 Å². The van der Waals surface area contributed by atoms with Crippen LogP contribution < -0.4 is 11.1 Å². The Hall–Kier alpha value is -1.99. The van der Waals surface area contributed by atoms with Gasteiger partial charge in [0.25, 0.3) is 0 Å². The number of nitrogens with two attached hydrogens (primary N) is 1. The molecule has 0 bridgehead atoms. The molecule has 0 unspecified atom stereocenters. The molecule has 1 aromatic carbocycles. The van der Waals surface area contributed by atoms with Gasteiger partial charge in [0.05, 0.1) is 13.2 Å². The highest BCUT2D eigenvalue weighted by molar-refractivity contribution is 5.85. The fraction of sp³-hybridized carbons (Fsp3) is 0.308. The Labute approximate surface area is 101 Å². The van der Waals surface area contributed by atoms with Crippen molar-refractivity contribution in [3.63, 3.8) is 0 Å². The molecule has 17 heavy (non-hydrogen) atoms. The number of anilines is 1. The molecule has 90 valence electrons. The molecule has 1 rings (SSSR count). The Bertz CT molecular complexity index is 458. The molecular formula is C13H16N2O2. The number of aryl methyl sites for hydroxylation is 1. The number of hydrogen-bond acceptors (Lipinski definition) is 3. The van der Waals surface area contributed by atoms with E-state index in [4.69, 9.17) is 10.5 Å². The highest BCUT2D eigenvalue weighted by Crippen LogP contribution is 2.16. The molecular weight excluding hydrogens is 216 g/mol. The van der Waals surface area contributed by atoms with Gasteiger partial charge in [-0.05, 0) is 31.5 Å². The number of benzene rings is 1. The Morgan fingerprint density at radius 3 is 2.94 bits per heavy atom. The zero-order valence-electron chi connectivity index (χ0n) is 10.0. The lowest BCUT2D eigenvalue weighted by Gasteiger charge is -2.08. The van der Waals surface area contributed by atoms with Crippen molar-refractivity contribution in [1.29, 1.82) is 0 Å². The lowest BCUT2D eigenvalue weighted by molar-refractivity contribution is 0.168. The van der Waals surface area contributed by atoms with Crippen LogP contribution in [0.2, 0.25) is 0 Å². The molecule has 0 aliphatic heterocycles. The van der Waals surface area contributed by atoms with E-state index >= 15 is 0 Å². The topological polar surface area (TPSA) is 64.3 Å². The molecule has 0 aliphatic carbocycles. The van der Waals surface area contributed by atoms with Crippen molar-refractivity contribution in [3.05, 3.63) is 29.3 Å². The van der Waals surface area contributed by atoms with Crippen molar-refractivity contribution in [1.82, 2.24) is 0 Å². The average molecular weight is 232 g/mol. The van der Waals surface area contributed by atoms with Crippen LogP contribution in [0.1, 0.15) is 18.1 Å². The lowest BCUT2D eigenvalue weighted by atomic mass is 10.1. The summed E-state index contributed by atoms with van der Waals surface area (Å²) in [5.41, 5.74) is 7.77. The van der Waals surface area contributed by atoms with Crippen LogP contribution in [-0.2, 0) is 4.74 Å². The summed E-state index contributed by atoms with van der Waals surface area (Å²) in [6, 6.07) is 5.57. The van der Waals surface area contributed by atoms with Crippen LogP contribution in [0.5, 0.6) is 0 Å². The normalized spacial score (nSPS) is 9.12. The smallest absolute Gasteiger partial charge is 0.411 e. The number of hydrogen-bond donors (Lipinski definition) is 2. The van der Waals surface area contributed by atoms with E-state index in [-0.39, 0.29) is 0 Å². The van der Waals surface area contributed by atoms with Crippen LogP contribution in [0.15, 0.2) is 18.2 Å². The summed E-state index contributed by atoms with van der Waals surface area (Å²) >= 11 is 0. The van der Waals surface area contributed by atoms with Gasteiger partial charge < -0.3 is 10.5 Å². The molecule has 3 N–H and O–H groups in total. The first-order valence-electron chi connectivity index (χ1n) is 5.40. The Morgan fingerprint density at radius 2 is 2.29 bits per heavy atom. The van der Waals surface area contributed by atoms with Crippen molar-refractivity contribution in [3.8, 4) is 11.8 Å². The van der Waals surface area contributed by atoms with Gasteiger partial charge in [-0.3, -0.25) is 5.32 Å². The minimum atomic E-state index is -0.459. The maximum Gasteiger partial charge on any atom is 0.411 e. The zero-order chi connectivity index (χ0) is 12.7. The third-order valence-electron chi connectivity index (χ3n) is 2.08. The molecule has 0 spiro atoms. The number of carbonyl (C=O) groups excluding carboxylic acids is 1. The molecule has 0 aliphatic rings. The molecule has 0 saturated carbocycles. The largest absolute Gasteiger partial charge is 0.450 e. The van der Waals surface area contributed by atoms with Crippen LogP contribution in [0.3, 0.4) is 0 Å². The van der Waals surface area contributed by atoms with Crippen LogP contribution in [-0.4, -0.2) is 19.2 Å². The molecule has 0 heterocycles. The van der Waals surface area contributed by atoms with Gasteiger partial charge in [-0.15, -0.1) is 0 Å². The van der Waals surface area contributed by atoms with E-state index in [1.807, 2.05) is 19.1 Å². The first-order valence-corrected chi connectivity index (χ1v) is 5.40. The van der Waals surface area contributed by atoms with Gasteiger partial charge in [-0.2, -0.15) is 0 Å². The second-order valence-corrected chi connectivity index (χ2v) is 3.38. The standard InChI is InChI=1S/C13H16N2O2/c1-3-17-13(16)15-12-9-11(5-4-8-14)7-6-10(12)2/h6-7,9H,3,8,14H2,1-2H3,(H,15,16). The van der Waals surface area contributed by atoms with Crippen molar-refractivity contribution >= 4 is 11.8 Å². The van der Waals surface area contributed by atoms with Crippen molar-refractivity contribution < 1.29 is 9.53 Å². The van der Waals surface area contributed by atoms with Crippen LogP contribution >= 0.6 is 0 Å². The van der Waals surface area contributed by atoms with Gasteiger partial charge in [-0.25, -0.2) is 4.79 Å². The SMILES string of the molecule is CCOC(=O)Nc1cc(C#CCN)ccc1C. The van der Waals surface area contributed by atoms with Gasteiger partial charge in [0.1, 0.15) is 0 Å². The van der Waals surface area contributed by atoms with Gasteiger partial charge in [-0.1, -0.05) is 17.9 Å². The Kier molecular flexibility index (Phi) is 5.05. The number of ether oxygens (including phenoxy) is 1. The summed E-state index contributed by atoms with van der Waals surface area (Å²) in [4.78, 5) is 11.3. The van der Waals surface area contributed by atoms with Crippen molar-refractivity contribution in [2.75, 3.05) is 18.5 Å². The molecule has 4 heteroatoms. The highest BCUT2D eigenvalue weighted by atomic mass is 16.5. The lowest BCUT2D eigenvalue weighted by Crippen LogP contribution is -2.14. The highest BCUT2D eigenvalue weighted by Gasteiger charge is 2.04. The van der Waals surface area contributed by atoms with Crippen molar-refractivity contribution in [2.24, 2.45) is 5.73 Å². The third kappa shape index (κ3) is 4.17. The second kappa shape index (κ2) is 6.56. The Morgan fingerprint density at radius 1 is 1.53 bits per heavy atom. The number of carbonyl (C=O) groups is 1. The number of nitrogens with one attached hydrogen (secondary N) is 1. The van der Waals surface area contributed by atoms with Crippen LogP contribution in [0.4, 0.5) is 10.5 Å². The molecule has 0 aromatic heterocycles. The Balaban J connectivity index is 2.86. The van der Waals surface area contributed by atoms with Gasteiger partial charge >= 0.3 is 6.09 Å². The van der Waals surface area contributed by atoms with E-state index in [1.54, 1.807) is 13.0 Å².